The van der Waals surface area contributed by atoms with E-state index in [0.29, 0.717) is 13.1 Å². The van der Waals surface area contributed by atoms with Gasteiger partial charge in [-0.3, -0.25) is 0 Å². The molecule has 0 radical (unpaired) electrons. The molecule has 0 unspecified atom stereocenters. The Morgan fingerprint density at radius 3 is 1.50 bits per heavy atom. The lowest BCUT2D eigenvalue weighted by Crippen LogP contribution is -2.55. The molecule has 22 heavy (non-hydrogen) atoms. The highest BCUT2D eigenvalue weighted by molar-refractivity contribution is 7.87. The molecule has 0 bridgehead atoms. The van der Waals surface area contributed by atoms with Crippen LogP contribution in [0.5, 0.6) is 0 Å². The largest absolute Gasteiger partial charge is 0.282 e. The van der Waals surface area contributed by atoms with E-state index in [0.717, 1.165) is 30.0 Å². The van der Waals surface area contributed by atoms with Crippen molar-refractivity contribution >= 4 is 20.4 Å². The van der Waals surface area contributed by atoms with Gasteiger partial charge in [0.1, 0.15) is 0 Å². The molecule has 2 rings (SSSR count). The summed E-state index contributed by atoms with van der Waals surface area (Å²) in [7, 11) is -3.97. The van der Waals surface area contributed by atoms with Crippen LogP contribution in [0.4, 0.5) is 0 Å². The standard InChI is InChI=1S/C12H26N4O4S2/c1-13(2)21(17,18)15-9-11-16(12-10-15)22(19,20)14-7-5-3-4-6-8-14/h3-12H2,1-2H3. The maximum atomic E-state index is 12.7. The van der Waals surface area contributed by atoms with Gasteiger partial charge in [-0.25, -0.2) is 0 Å². The molecule has 2 saturated heterocycles. The van der Waals surface area contributed by atoms with E-state index < -0.39 is 20.4 Å². The van der Waals surface area contributed by atoms with Crippen molar-refractivity contribution < 1.29 is 16.8 Å². The number of nitrogens with zero attached hydrogens (tertiary/aromatic N) is 4. The highest BCUT2D eigenvalue weighted by atomic mass is 32.2. The van der Waals surface area contributed by atoms with E-state index in [2.05, 4.69) is 0 Å². The van der Waals surface area contributed by atoms with Crippen LogP contribution in [0.2, 0.25) is 0 Å². The average Bonchev–Trinajstić information content (AvgIpc) is 2.76. The Labute approximate surface area is 134 Å². The second-order valence-electron chi connectivity index (χ2n) is 5.91. The smallest absolute Gasteiger partial charge is 0.195 e. The summed E-state index contributed by atoms with van der Waals surface area (Å²) in [5, 5.41) is 0. The number of piperazine rings is 1. The summed E-state index contributed by atoms with van der Waals surface area (Å²) >= 11 is 0. The van der Waals surface area contributed by atoms with Crippen LogP contribution in [0, 0.1) is 0 Å². The SMILES string of the molecule is CN(C)S(=O)(=O)N1CCN(S(=O)(=O)N2CCCCCC2)CC1. The van der Waals surface area contributed by atoms with Crippen molar-refractivity contribution in [2.45, 2.75) is 25.7 Å². The molecule has 2 aliphatic rings. The molecule has 8 nitrogen and oxygen atoms in total. The van der Waals surface area contributed by atoms with Gasteiger partial charge in [0.05, 0.1) is 0 Å². The van der Waals surface area contributed by atoms with Gasteiger partial charge in [0.2, 0.25) is 0 Å². The molecule has 2 fully saturated rings. The van der Waals surface area contributed by atoms with Crippen molar-refractivity contribution in [3.05, 3.63) is 0 Å². The number of hydrogen-bond acceptors (Lipinski definition) is 4. The first-order valence-electron chi connectivity index (χ1n) is 7.69. The second kappa shape index (κ2) is 7.10. The molecule has 0 amide bonds. The van der Waals surface area contributed by atoms with Gasteiger partial charge in [-0.2, -0.15) is 34.1 Å². The minimum Gasteiger partial charge on any atom is -0.195 e. The zero-order chi connectivity index (χ0) is 16.4. The van der Waals surface area contributed by atoms with Crippen molar-refractivity contribution in [2.24, 2.45) is 0 Å². The lowest BCUT2D eigenvalue weighted by atomic mass is 10.2. The van der Waals surface area contributed by atoms with Gasteiger partial charge in [0.25, 0.3) is 20.4 Å². The Balaban J connectivity index is 2.01. The maximum absolute atomic E-state index is 12.7. The number of hydrogen-bond donors (Lipinski definition) is 0. The van der Waals surface area contributed by atoms with Gasteiger partial charge in [0, 0.05) is 53.4 Å². The zero-order valence-electron chi connectivity index (χ0n) is 13.3. The third-order valence-electron chi connectivity index (χ3n) is 4.20. The first kappa shape index (κ1) is 18.1. The molecule has 2 aliphatic heterocycles. The normalized spacial score (nSPS) is 24.5. The van der Waals surface area contributed by atoms with Crippen molar-refractivity contribution in [3.8, 4) is 0 Å². The highest BCUT2D eigenvalue weighted by Crippen LogP contribution is 2.19. The van der Waals surface area contributed by atoms with Crippen LogP contribution in [0.1, 0.15) is 25.7 Å². The predicted molar refractivity (Wildman–Crippen MR) is 84.7 cm³/mol. The van der Waals surface area contributed by atoms with Crippen molar-refractivity contribution in [1.29, 1.82) is 0 Å². The van der Waals surface area contributed by atoms with Gasteiger partial charge in [-0.15, -0.1) is 0 Å². The van der Waals surface area contributed by atoms with Gasteiger partial charge >= 0.3 is 0 Å². The molecule has 0 spiro atoms. The minimum atomic E-state index is -3.47. The summed E-state index contributed by atoms with van der Waals surface area (Å²) < 4.78 is 54.9. The average molecular weight is 354 g/mol. The lowest BCUT2D eigenvalue weighted by Gasteiger charge is -2.36. The Kier molecular flexibility index (Phi) is 5.84. The summed E-state index contributed by atoms with van der Waals surface area (Å²) in [6.45, 7) is 1.97. The summed E-state index contributed by atoms with van der Waals surface area (Å²) in [6.07, 6.45) is 3.93. The molecule has 0 aromatic rings. The first-order chi connectivity index (χ1) is 10.3. The van der Waals surface area contributed by atoms with E-state index in [1.807, 2.05) is 0 Å². The van der Waals surface area contributed by atoms with E-state index in [1.54, 1.807) is 4.31 Å². The fourth-order valence-corrected chi connectivity index (χ4v) is 5.56. The Morgan fingerprint density at radius 1 is 0.636 bits per heavy atom. The fourth-order valence-electron chi connectivity index (χ4n) is 2.80. The third kappa shape index (κ3) is 3.80. The molecule has 10 heteroatoms. The van der Waals surface area contributed by atoms with Crippen molar-refractivity contribution in [1.82, 2.24) is 17.2 Å². The van der Waals surface area contributed by atoms with Crippen LogP contribution in [0.3, 0.4) is 0 Å². The number of rotatable bonds is 4. The highest BCUT2D eigenvalue weighted by Gasteiger charge is 2.36. The molecule has 0 aromatic heterocycles. The van der Waals surface area contributed by atoms with Crippen LogP contribution in [-0.2, 0) is 20.4 Å². The van der Waals surface area contributed by atoms with E-state index in [1.165, 1.54) is 22.7 Å². The first-order valence-corrected chi connectivity index (χ1v) is 10.5. The molecule has 0 atom stereocenters. The Morgan fingerprint density at radius 2 is 1.05 bits per heavy atom. The maximum Gasteiger partial charge on any atom is 0.282 e. The van der Waals surface area contributed by atoms with E-state index in [4.69, 9.17) is 0 Å². The van der Waals surface area contributed by atoms with Gasteiger partial charge in [-0.1, -0.05) is 12.8 Å². The van der Waals surface area contributed by atoms with Crippen molar-refractivity contribution in [2.75, 3.05) is 53.4 Å². The van der Waals surface area contributed by atoms with Crippen LogP contribution in [0.15, 0.2) is 0 Å². The van der Waals surface area contributed by atoms with E-state index in [9.17, 15) is 16.8 Å². The van der Waals surface area contributed by atoms with Crippen LogP contribution < -0.4 is 0 Å². The molecular formula is C12H26N4O4S2. The summed E-state index contributed by atoms with van der Waals surface area (Å²) in [5.74, 6) is 0. The molecule has 130 valence electrons. The van der Waals surface area contributed by atoms with Gasteiger partial charge in [0.15, 0.2) is 0 Å². The Bertz CT molecular complexity index is 560. The molecule has 0 aliphatic carbocycles. The molecule has 0 N–H and O–H groups in total. The zero-order valence-corrected chi connectivity index (χ0v) is 14.9. The molecule has 0 saturated carbocycles. The summed E-state index contributed by atoms with van der Waals surface area (Å²) in [6, 6.07) is 0. The van der Waals surface area contributed by atoms with E-state index >= 15 is 0 Å². The molecule has 0 aromatic carbocycles. The minimum absolute atomic E-state index is 0.202. The van der Waals surface area contributed by atoms with Gasteiger partial charge < -0.3 is 0 Å². The predicted octanol–water partition coefficient (Wildman–Crippen LogP) is -0.469. The van der Waals surface area contributed by atoms with Gasteiger partial charge in [-0.05, 0) is 12.8 Å². The Hall–Kier alpha value is -0.260. The monoisotopic (exact) mass is 354 g/mol. The van der Waals surface area contributed by atoms with Crippen LogP contribution in [-0.4, -0.2) is 87.4 Å². The molecular weight excluding hydrogens is 328 g/mol. The third-order valence-corrected chi connectivity index (χ3v) is 8.18. The van der Waals surface area contributed by atoms with Crippen LogP contribution >= 0.6 is 0 Å². The van der Waals surface area contributed by atoms with Crippen molar-refractivity contribution in [3.63, 3.8) is 0 Å². The second-order valence-corrected chi connectivity index (χ2v) is 9.98. The summed E-state index contributed by atoms with van der Waals surface area (Å²) in [5.41, 5.74) is 0. The summed E-state index contributed by atoms with van der Waals surface area (Å²) in [4.78, 5) is 0. The molecule has 2 heterocycles. The topological polar surface area (TPSA) is 81.2 Å². The fraction of sp³-hybridized carbons (Fsp3) is 1.00. The van der Waals surface area contributed by atoms with Crippen LogP contribution in [0.25, 0.3) is 0 Å². The van der Waals surface area contributed by atoms with E-state index in [-0.39, 0.29) is 26.2 Å². The quantitative estimate of drug-likeness (QED) is 0.684. The lowest BCUT2D eigenvalue weighted by molar-refractivity contribution is 0.247.